The number of rotatable bonds is 4. The van der Waals surface area contributed by atoms with E-state index >= 15 is 0 Å². The zero-order chi connectivity index (χ0) is 13.5. The summed E-state index contributed by atoms with van der Waals surface area (Å²) in [7, 11) is 0. The molecular formula is C13H12LiNO4. The van der Waals surface area contributed by atoms with Gasteiger partial charge in [0.25, 0.3) is 5.78 Å². The molecule has 0 bridgehead atoms. The van der Waals surface area contributed by atoms with Crippen LogP contribution in [-0.4, -0.2) is 23.5 Å². The number of carbonyl (C=O) groups is 2. The van der Waals surface area contributed by atoms with Crippen molar-refractivity contribution in [1.82, 2.24) is 0 Å². The number of benzene rings is 1. The van der Waals surface area contributed by atoms with Crippen molar-refractivity contribution >= 4 is 17.5 Å². The first kappa shape index (κ1) is 17.0. The van der Waals surface area contributed by atoms with Gasteiger partial charge in [0, 0.05) is 11.6 Å². The van der Waals surface area contributed by atoms with Crippen molar-refractivity contribution in [2.45, 2.75) is 6.92 Å². The first-order valence-electron chi connectivity index (χ1n) is 5.20. The van der Waals surface area contributed by atoms with E-state index in [-0.39, 0.29) is 38.2 Å². The maximum Gasteiger partial charge on any atom is 1.00 e. The van der Waals surface area contributed by atoms with E-state index in [4.69, 9.17) is 5.26 Å². The third-order valence-electron chi connectivity index (χ3n) is 2.03. The second-order valence-electron chi connectivity index (χ2n) is 3.31. The van der Waals surface area contributed by atoms with Gasteiger partial charge in [0.1, 0.15) is 5.76 Å². The third-order valence-corrected chi connectivity index (χ3v) is 2.03. The standard InChI is InChI=1S/C13H11NO4.Li.H/c1-2-18-13(17)12(16)7-11(15)10-5-3-4-9(6-10)8-14;;/h3-7,15H,2H2,1H3;;/q;+1;-1. The number of nitrogens with zero attached hydrogens (tertiary/aromatic N) is 1. The molecule has 0 amide bonds. The molecule has 0 unspecified atom stereocenters. The van der Waals surface area contributed by atoms with Gasteiger partial charge in [-0.2, -0.15) is 5.26 Å². The van der Waals surface area contributed by atoms with Crippen molar-refractivity contribution in [2.24, 2.45) is 0 Å². The van der Waals surface area contributed by atoms with Crippen molar-refractivity contribution in [3.8, 4) is 6.07 Å². The van der Waals surface area contributed by atoms with Gasteiger partial charge in [-0.1, -0.05) is 12.1 Å². The topological polar surface area (TPSA) is 87.4 Å². The van der Waals surface area contributed by atoms with Gasteiger partial charge in [-0.05, 0) is 19.1 Å². The van der Waals surface area contributed by atoms with Gasteiger partial charge in [-0.25, -0.2) is 4.79 Å². The molecule has 0 aliphatic carbocycles. The monoisotopic (exact) mass is 253 g/mol. The molecular weight excluding hydrogens is 241 g/mol. The number of ether oxygens (including phenoxy) is 1. The number of ketones is 1. The minimum atomic E-state index is -1.03. The van der Waals surface area contributed by atoms with Crippen molar-refractivity contribution < 1.29 is 39.7 Å². The number of nitriles is 1. The Morgan fingerprint density at radius 2 is 2.21 bits per heavy atom. The van der Waals surface area contributed by atoms with Crippen LogP contribution in [-0.2, 0) is 14.3 Å². The van der Waals surface area contributed by atoms with Crippen LogP contribution in [0.15, 0.2) is 30.3 Å². The zero-order valence-corrected chi connectivity index (χ0v) is 10.7. The summed E-state index contributed by atoms with van der Waals surface area (Å²) in [6.07, 6.45) is 0.772. The molecule has 0 saturated carbocycles. The number of esters is 1. The van der Waals surface area contributed by atoms with E-state index in [9.17, 15) is 14.7 Å². The van der Waals surface area contributed by atoms with Gasteiger partial charge in [0.05, 0.1) is 18.2 Å². The summed E-state index contributed by atoms with van der Waals surface area (Å²) < 4.78 is 4.49. The molecule has 94 valence electrons. The van der Waals surface area contributed by atoms with Gasteiger partial charge >= 0.3 is 24.8 Å². The summed E-state index contributed by atoms with van der Waals surface area (Å²) in [4.78, 5) is 22.3. The van der Waals surface area contributed by atoms with Crippen LogP contribution in [0, 0.1) is 11.3 Å². The second-order valence-corrected chi connectivity index (χ2v) is 3.31. The van der Waals surface area contributed by atoms with Crippen molar-refractivity contribution in [2.75, 3.05) is 6.61 Å². The minimum Gasteiger partial charge on any atom is -1.00 e. The zero-order valence-electron chi connectivity index (χ0n) is 11.7. The van der Waals surface area contributed by atoms with Crippen LogP contribution in [0.4, 0.5) is 0 Å². The van der Waals surface area contributed by atoms with Gasteiger partial charge in [-0.3, -0.25) is 4.79 Å². The third kappa shape index (κ3) is 5.01. The van der Waals surface area contributed by atoms with Crippen LogP contribution in [0.3, 0.4) is 0 Å². The Labute approximate surface area is 124 Å². The first-order chi connectivity index (χ1) is 8.58. The molecule has 0 aliphatic heterocycles. The van der Waals surface area contributed by atoms with E-state index in [2.05, 4.69) is 4.74 Å². The van der Waals surface area contributed by atoms with Crippen molar-refractivity contribution in [3.63, 3.8) is 0 Å². The Morgan fingerprint density at radius 3 is 2.79 bits per heavy atom. The Balaban J connectivity index is 0. The summed E-state index contributed by atoms with van der Waals surface area (Å²) in [5.74, 6) is -2.36. The largest absolute Gasteiger partial charge is 1.00 e. The average molecular weight is 253 g/mol. The number of hydrogen-bond donors (Lipinski definition) is 1. The van der Waals surface area contributed by atoms with E-state index in [0.717, 1.165) is 6.08 Å². The van der Waals surface area contributed by atoms with Crippen LogP contribution in [0.25, 0.3) is 5.76 Å². The molecule has 1 aromatic carbocycles. The van der Waals surface area contributed by atoms with Crippen LogP contribution < -0.4 is 18.9 Å². The molecule has 19 heavy (non-hydrogen) atoms. The summed E-state index contributed by atoms with van der Waals surface area (Å²) in [6.45, 7) is 1.66. The molecule has 0 fully saturated rings. The molecule has 6 heteroatoms. The molecule has 0 aromatic heterocycles. The smallest absolute Gasteiger partial charge is 1.00 e. The maximum atomic E-state index is 11.3. The number of aliphatic hydroxyl groups excluding tert-OH is 1. The first-order valence-corrected chi connectivity index (χ1v) is 5.20. The van der Waals surface area contributed by atoms with Gasteiger partial charge in [0.15, 0.2) is 0 Å². The number of carbonyl (C=O) groups excluding carboxylic acids is 2. The van der Waals surface area contributed by atoms with Crippen molar-refractivity contribution in [1.29, 1.82) is 5.26 Å². The number of aliphatic hydroxyl groups is 1. The molecule has 0 saturated heterocycles. The molecule has 0 radical (unpaired) electrons. The fourth-order valence-corrected chi connectivity index (χ4v) is 1.22. The van der Waals surface area contributed by atoms with E-state index in [1.807, 2.05) is 6.07 Å². The normalized spacial score (nSPS) is 10.0. The predicted molar refractivity (Wildman–Crippen MR) is 64.5 cm³/mol. The Morgan fingerprint density at radius 1 is 1.53 bits per heavy atom. The van der Waals surface area contributed by atoms with E-state index in [1.54, 1.807) is 19.1 Å². The van der Waals surface area contributed by atoms with E-state index in [1.165, 1.54) is 12.1 Å². The Hall–Kier alpha value is -2.01. The maximum absolute atomic E-state index is 11.3. The predicted octanol–water partition coefficient (Wildman–Crippen LogP) is -1.29. The molecule has 1 aromatic rings. The SMILES string of the molecule is CCOC(=O)C(=O)C=C(O)c1cccc(C#N)c1.[H-].[Li+]. The van der Waals surface area contributed by atoms with E-state index < -0.39 is 11.8 Å². The summed E-state index contributed by atoms with van der Waals surface area (Å²) >= 11 is 0. The molecule has 5 nitrogen and oxygen atoms in total. The number of hydrogen-bond acceptors (Lipinski definition) is 5. The van der Waals surface area contributed by atoms with Crippen LogP contribution >= 0.6 is 0 Å². The van der Waals surface area contributed by atoms with E-state index in [0.29, 0.717) is 5.56 Å². The van der Waals surface area contributed by atoms with Gasteiger partial charge < -0.3 is 11.3 Å². The van der Waals surface area contributed by atoms with Gasteiger partial charge in [-0.15, -0.1) is 0 Å². The minimum absolute atomic E-state index is 0. The van der Waals surface area contributed by atoms with Crippen LogP contribution in [0.5, 0.6) is 0 Å². The van der Waals surface area contributed by atoms with Crippen LogP contribution in [0.2, 0.25) is 0 Å². The average Bonchev–Trinajstić information content (AvgIpc) is 2.39. The molecule has 0 aliphatic rings. The quantitative estimate of drug-likeness (QED) is 0.237. The Bertz CT molecular complexity index is 552. The second kappa shape index (κ2) is 8.15. The fraction of sp³-hybridized carbons (Fsp3) is 0.154. The molecule has 1 N–H and O–H groups in total. The molecule has 0 atom stereocenters. The summed E-state index contributed by atoms with van der Waals surface area (Å²) in [5, 5.41) is 18.3. The van der Waals surface area contributed by atoms with Crippen LogP contribution in [0.1, 0.15) is 19.5 Å². The molecule has 1 rings (SSSR count). The molecule has 0 heterocycles. The van der Waals surface area contributed by atoms with Gasteiger partial charge in [0.2, 0.25) is 0 Å². The summed E-state index contributed by atoms with van der Waals surface area (Å²) in [5.41, 5.74) is 0.628. The van der Waals surface area contributed by atoms with Crippen molar-refractivity contribution in [3.05, 3.63) is 41.5 Å². The Kier molecular flexibility index (Phi) is 7.29. The fourth-order valence-electron chi connectivity index (χ4n) is 1.22. The summed E-state index contributed by atoms with van der Waals surface area (Å²) in [6, 6.07) is 7.95. The molecule has 0 spiro atoms.